The van der Waals surface area contributed by atoms with Crippen molar-refractivity contribution in [2.45, 2.75) is 13.0 Å². The smallest absolute Gasteiger partial charge is 0.260 e. The molecule has 0 fully saturated rings. The lowest BCUT2D eigenvalue weighted by Gasteiger charge is -2.18. The van der Waals surface area contributed by atoms with Crippen LogP contribution in [-0.4, -0.2) is 33.2 Å². The summed E-state index contributed by atoms with van der Waals surface area (Å²) in [5.74, 6) is 0.340. The van der Waals surface area contributed by atoms with E-state index in [2.05, 4.69) is 5.32 Å². The summed E-state index contributed by atoms with van der Waals surface area (Å²) in [5.41, 5.74) is 7.29. The Hall–Kier alpha value is -1.91. The number of ether oxygens (including phenoxy) is 1. The van der Waals surface area contributed by atoms with Gasteiger partial charge in [-0.05, 0) is 19.1 Å². The first kappa shape index (κ1) is 13.2. The van der Waals surface area contributed by atoms with Crippen LogP contribution in [0, 0.1) is 0 Å². The second kappa shape index (κ2) is 5.43. The van der Waals surface area contributed by atoms with Gasteiger partial charge in [0, 0.05) is 32.9 Å². The Labute approximate surface area is 102 Å². The van der Waals surface area contributed by atoms with Crippen molar-refractivity contribution in [3.05, 3.63) is 18.2 Å². The molecule has 0 bridgehead atoms. The number of rotatable bonds is 4. The van der Waals surface area contributed by atoms with Crippen molar-refractivity contribution in [3.8, 4) is 5.75 Å². The van der Waals surface area contributed by atoms with E-state index < -0.39 is 6.10 Å². The maximum Gasteiger partial charge on any atom is 0.260 e. The Morgan fingerprint density at radius 2 is 2.12 bits per heavy atom. The van der Waals surface area contributed by atoms with Crippen LogP contribution in [0.5, 0.6) is 5.75 Å². The van der Waals surface area contributed by atoms with Gasteiger partial charge in [0.15, 0.2) is 6.10 Å². The summed E-state index contributed by atoms with van der Waals surface area (Å²) in [4.78, 5) is 13.3. The van der Waals surface area contributed by atoms with E-state index >= 15 is 0 Å². The molecule has 1 atom stereocenters. The van der Waals surface area contributed by atoms with Crippen molar-refractivity contribution in [3.63, 3.8) is 0 Å². The average Bonchev–Trinajstić information content (AvgIpc) is 2.30. The minimum Gasteiger partial charge on any atom is -0.479 e. The minimum atomic E-state index is -0.570. The van der Waals surface area contributed by atoms with E-state index in [1.807, 2.05) is 31.1 Å². The van der Waals surface area contributed by atoms with Crippen LogP contribution in [0.3, 0.4) is 0 Å². The third-order valence-electron chi connectivity index (χ3n) is 2.43. The second-order valence-electron chi connectivity index (χ2n) is 3.99. The number of nitrogens with one attached hydrogen (secondary N) is 1. The van der Waals surface area contributed by atoms with Gasteiger partial charge in [0.2, 0.25) is 0 Å². The summed E-state index contributed by atoms with van der Waals surface area (Å²) in [6.07, 6.45) is -0.570. The van der Waals surface area contributed by atoms with Crippen LogP contribution in [0.1, 0.15) is 6.92 Å². The molecule has 0 heterocycles. The molecule has 17 heavy (non-hydrogen) atoms. The first-order valence-corrected chi connectivity index (χ1v) is 5.40. The fourth-order valence-electron chi connectivity index (χ4n) is 1.35. The van der Waals surface area contributed by atoms with Gasteiger partial charge in [-0.25, -0.2) is 0 Å². The fourth-order valence-corrected chi connectivity index (χ4v) is 1.35. The van der Waals surface area contributed by atoms with E-state index in [0.717, 1.165) is 5.69 Å². The van der Waals surface area contributed by atoms with Gasteiger partial charge in [-0.1, -0.05) is 0 Å². The van der Waals surface area contributed by atoms with Gasteiger partial charge in [-0.2, -0.15) is 0 Å². The highest BCUT2D eigenvalue weighted by atomic mass is 16.5. The summed E-state index contributed by atoms with van der Waals surface area (Å²) in [6, 6.07) is 5.47. The number of amides is 1. The lowest BCUT2D eigenvalue weighted by atomic mass is 10.2. The Balaban J connectivity index is 2.89. The van der Waals surface area contributed by atoms with E-state index in [4.69, 9.17) is 10.5 Å². The van der Waals surface area contributed by atoms with Crippen LogP contribution < -0.4 is 20.7 Å². The molecular formula is C12H19N3O2. The fraction of sp³-hybridized carbons (Fsp3) is 0.417. The number of nitrogens with two attached hydrogens (primary N) is 1. The van der Waals surface area contributed by atoms with Crippen LogP contribution in [0.2, 0.25) is 0 Å². The Bertz CT molecular complexity index is 405. The molecule has 1 unspecified atom stereocenters. The highest BCUT2D eigenvalue weighted by Crippen LogP contribution is 2.27. The number of carbonyl (C=O) groups is 1. The van der Waals surface area contributed by atoms with E-state index in [1.165, 1.54) is 0 Å². The third kappa shape index (κ3) is 3.27. The van der Waals surface area contributed by atoms with E-state index in [0.29, 0.717) is 11.4 Å². The average molecular weight is 237 g/mol. The molecule has 5 heteroatoms. The molecule has 0 aliphatic heterocycles. The van der Waals surface area contributed by atoms with Crippen molar-refractivity contribution in [2.75, 3.05) is 31.8 Å². The molecule has 0 aromatic heterocycles. The molecular weight excluding hydrogens is 218 g/mol. The van der Waals surface area contributed by atoms with E-state index in [9.17, 15) is 4.79 Å². The van der Waals surface area contributed by atoms with Crippen molar-refractivity contribution < 1.29 is 9.53 Å². The molecule has 0 saturated carbocycles. The molecule has 94 valence electrons. The number of nitrogens with zero attached hydrogens (tertiary/aromatic N) is 1. The normalized spacial score (nSPS) is 11.8. The first-order valence-electron chi connectivity index (χ1n) is 5.40. The van der Waals surface area contributed by atoms with Crippen molar-refractivity contribution in [1.82, 2.24) is 5.32 Å². The Morgan fingerprint density at radius 1 is 1.47 bits per heavy atom. The van der Waals surface area contributed by atoms with Crippen LogP contribution in [0.4, 0.5) is 11.4 Å². The summed E-state index contributed by atoms with van der Waals surface area (Å²) in [7, 11) is 5.43. The molecule has 1 amide bonds. The first-order chi connectivity index (χ1) is 7.95. The van der Waals surface area contributed by atoms with E-state index in [1.54, 1.807) is 20.0 Å². The SMILES string of the molecule is CNC(=O)C(C)Oc1cc(N(C)C)ccc1N. The molecule has 0 saturated heterocycles. The maximum atomic E-state index is 11.4. The minimum absolute atomic E-state index is 0.181. The Kier molecular flexibility index (Phi) is 4.20. The number of likely N-dealkylation sites (N-methyl/N-ethyl adjacent to an activating group) is 1. The largest absolute Gasteiger partial charge is 0.479 e. The summed E-state index contributed by atoms with van der Waals surface area (Å²) in [5, 5.41) is 2.53. The highest BCUT2D eigenvalue weighted by Gasteiger charge is 2.14. The highest BCUT2D eigenvalue weighted by molar-refractivity contribution is 5.80. The molecule has 1 aromatic rings. The van der Waals surface area contributed by atoms with Gasteiger partial charge in [0.1, 0.15) is 5.75 Å². The number of anilines is 2. The number of nitrogen functional groups attached to an aromatic ring is 1. The molecule has 0 radical (unpaired) electrons. The van der Waals surface area contributed by atoms with Crippen LogP contribution in [0.15, 0.2) is 18.2 Å². The summed E-state index contributed by atoms with van der Waals surface area (Å²) < 4.78 is 5.52. The van der Waals surface area contributed by atoms with E-state index in [-0.39, 0.29) is 5.91 Å². The number of hydrogen-bond donors (Lipinski definition) is 2. The molecule has 0 spiro atoms. The molecule has 3 N–H and O–H groups in total. The number of benzene rings is 1. The zero-order valence-electron chi connectivity index (χ0n) is 10.7. The molecule has 0 aliphatic rings. The van der Waals surface area contributed by atoms with Gasteiger partial charge in [0.05, 0.1) is 5.69 Å². The molecule has 0 aliphatic carbocycles. The van der Waals surface area contributed by atoms with Gasteiger partial charge >= 0.3 is 0 Å². The standard InChI is InChI=1S/C12H19N3O2/c1-8(12(16)14-2)17-11-7-9(15(3)4)5-6-10(11)13/h5-8H,13H2,1-4H3,(H,14,16). The summed E-state index contributed by atoms with van der Waals surface area (Å²) in [6.45, 7) is 1.68. The van der Waals surface area contributed by atoms with Crippen molar-refractivity contribution in [2.24, 2.45) is 0 Å². The monoisotopic (exact) mass is 237 g/mol. The predicted octanol–water partition coefficient (Wildman–Crippen LogP) is 0.848. The Morgan fingerprint density at radius 3 is 2.65 bits per heavy atom. The van der Waals surface area contributed by atoms with Crippen LogP contribution in [-0.2, 0) is 4.79 Å². The number of hydrogen-bond acceptors (Lipinski definition) is 4. The van der Waals surface area contributed by atoms with Crippen molar-refractivity contribution in [1.29, 1.82) is 0 Å². The van der Waals surface area contributed by atoms with Gasteiger partial charge in [-0.15, -0.1) is 0 Å². The van der Waals surface area contributed by atoms with Gasteiger partial charge in [-0.3, -0.25) is 4.79 Å². The molecule has 1 aromatic carbocycles. The molecule has 1 rings (SSSR count). The topological polar surface area (TPSA) is 67.6 Å². The number of carbonyl (C=O) groups excluding carboxylic acids is 1. The lowest BCUT2D eigenvalue weighted by Crippen LogP contribution is -2.33. The summed E-state index contributed by atoms with van der Waals surface area (Å²) >= 11 is 0. The quantitative estimate of drug-likeness (QED) is 0.762. The lowest BCUT2D eigenvalue weighted by molar-refractivity contribution is -0.126. The van der Waals surface area contributed by atoms with Crippen LogP contribution >= 0.6 is 0 Å². The molecule has 5 nitrogen and oxygen atoms in total. The zero-order valence-corrected chi connectivity index (χ0v) is 10.7. The maximum absolute atomic E-state index is 11.4. The third-order valence-corrected chi connectivity index (χ3v) is 2.43. The van der Waals surface area contributed by atoms with Crippen molar-refractivity contribution >= 4 is 17.3 Å². The van der Waals surface area contributed by atoms with Gasteiger partial charge < -0.3 is 20.7 Å². The predicted molar refractivity (Wildman–Crippen MR) is 69.3 cm³/mol. The van der Waals surface area contributed by atoms with Gasteiger partial charge in [0.25, 0.3) is 5.91 Å². The zero-order chi connectivity index (χ0) is 13.0. The van der Waals surface area contributed by atoms with Crippen LogP contribution in [0.25, 0.3) is 0 Å². The second-order valence-corrected chi connectivity index (χ2v) is 3.99.